The summed E-state index contributed by atoms with van der Waals surface area (Å²) in [7, 11) is 0. The average Bonchev–Trinajstić information content (AvgIpc) is 3.28. The number of aromatic nitrogens is 3. The lowest BCUT2D eigenvalue weighted by molar-refractivity contribution is 0.660. The van der Waals surface area contributed by atoms with E-state index in [0.717, 1.165) is 44.0 Å². The molecule has 5 aromatic carbocycles. The summed E-state index contributed by atoms with van der Waals surface area (Å²) in [6, 6.07) is 41.4. The summed E-state index contributed by atoms with van der Waals surface area (Å²) >= 11 is 0. The first-order valence-corrected chi connectivity index (χ1v) is 14.8. The summed E-state index contributed by atoms with van der Waals surface area (Å²) in [6.07, 6.45) is 3.75. The van der Waals surface area contributed by atoms with Crippen LogP contribution in [0.3, 0.4) is 0 Å². The molecule has 3 heterocycles. The van der Waals surface area contributed by atoms with Gasteiger partial charge in [-0.3, -0.25) is 9.97 Å². The molecule has 1 aliphatic rings. The third-order valence-corrected chi connectivity index (χ3v) is 9.33. The van der Waals surface area contributed by atoms with E-state index in [2.05, 4.69) is 117 Å². The highest BCUT2D eigenvalue weighted by molar-refractivity contribution is 6.09. The van der Waals surface area contributed by atoms with Gasteiger partial charge in [-0.2, -0.15) is 0 Å². The van der Waals surface area contributed by atoms with Crippen molar-refractivity contribution in [2.75, 3.05) is 0 Å². The Morgan fingerprint density at radius 3 is 2.02 bits per heavy atom. The Bertz CT molecular complexity index is 2410. The molecule has 0 amide bonds. The Labute approximate surface area is 249 Å². The van der Waals surface area contributed by atoms with Crippen molar-refractivity contribution in [1.29, 1.82) is 0 Å². The summed E-state index contributed by atoms with van der Waals surface area (Å²) in [6.45, 7) is 4.62. The maximum atomic E-state index is 5.34. The van der Waals surface area contributed by atoms with Gasteiger partial charge in [0.2, 0.25) is 0 Å². The molecule has 43 heavy (non-hydrogen) atoms. The van der Waals surface area contributed by atoms with Gasteiger partial charge in [0, 0.05) is 39.5 Å². The number of benzene rings is 5. The minimum absolute atomic E-state index is 0.228. The second kappa shape index (κ2) is 8.80. The lowest BCUT2D eigenvalue weighted by Crippen LogP contribution is -2.15. The van der Waals surface area contributed by atoms with E-state index in [1.165, 1.54) is 44.2 Å². The molecule has 0 N–H and O–H groups in total. The standard InChI is InChI=1S/C40H27N3/c1-40(2)33-23-32(26-16-14-25(15-17-26)30-12-5-9-24-8-3-4-11-29(24)30)31-13-7-21-42-38(31)35(33)39-34(40)22-28-19-18-27-10-6-20-41-36(27)37(28)43-39/h3-23H,1-2H3. The maximum Gasteiger partial charge on any atom is 0.0972 e. The smallest absolute Gasteiger partial charge is 0.0972 e. The van der Waals surface area contributed by atoms with Crippen LogP contribution in [-0.4, -0.2) is 15.0 Å². The van der Waals surface area contributed by atoms with E-state index in [-0.39, 0.29) is 5.41 Å². The topological polar surface area (TPSA) is 38.7 Å². The van der Waals surface area contributed by atoms with Crippen molar-refractivity contribution in [1.82, 2.24) is 15.0 Å². The van der Waals surface area contributed by atoms with Crippen molar-refractivity contribution in [2.45, 2.75) is 19.3 Å². The van der Waals surface area contributed by atoms with Crippen molar-refractivity contribution in [3.05, 3.63) is 139 Å². The highest BCUT2D eigenvalue weighted by Gasteiger charge is 2.39. The van der Waals surface area contributed by atoms with Crippen molar-refractivity contribution >= 4 is 43.5 Å². The van der Waals surface area contributed by atoms with Gasteiger partial charge in [-0.25, -0.2) is 4.98 Å². The van der Waals surface area contributed by atoms with Gasteiger partial charge in [-0.05, 0) is 68.4 Å². The minimum Gasteiger partial charge on any atom is -0.256 e. The van der Waals surface area contributed by atoms with Crippen LogP contribution in [0.2, 0.25) is 0 Å². The van der Waals surface area contributed by atoms with Crippen LogP contribution >= 0.6 is 0 Å². The zero-order chi connectivity index (χ0) is 28.7. The molecule has 0 unspecified atom stereocenters. The van der Waals surface area contributed by atoms with Crippen LogP contribution in [0.4, 0.5) is 0 Å². The molecule has 0 saturated heterocycles. The Morgan fingerprint density at radius 1 is 0.488 bits per heavy atom. The van der Waals surface area contributed by atoms with Gasteiger partial charge in [0.25, 0.3) is 0 Å². The Hall–Kier alpha value is -5.41. The van der Waals surface area contributed by atoms with Gasteiger partial charge in [0.05, 0.1) is 22.2 Å². The normalized spacial score (nSPS) is 13.5. The second-order valence-electron chi connectivity index (χ2n) is 12.1. The van der Waals surface area contributed by atoms with Crippen LogP contribution in [0, 0.1) is 0 Å². The molecular weight excluding hydrogens is 522 g/mol. The molecule has 0 spiro atoms. The van der Waals surface area contributed by atoms with Crippen molar-refractivity contribution < 1.29 is 0 Å². The molecule has 3 heteroatoms. The van der Waals surface area contributed by atoms with E-state index in [1.807, 2.05) is 24.5 Å². The molecule has 9 rings (SSSR count). The average molecular weight is 550 g/mol. The quantitative estimate of drug-likeness (QED) is 0.201. The molecule has 3 aromatic heterocycles. The fourth-order valence-corrected chi connectivity index (χ4v) is 7.11. The van der Waals surface area contributed by atoms with Crippen molar-refractivity contribution in [3.8, 4) is 33.5 Å². The zero-order valence-electron chi connectivity index (χ0n) is 24.0. The predicted molar refractivity (Wildman–Crippen MR) is 178 cm³/mol. The molecule has 0 fully saturated rings. The van der Waals surface area contributed by atoms with Gasteiger partial charge in [-0.15, -0.1) is 0 Å². The van der Waals surface area contributed by atoms with Crippen LogP contribution in [-0.2, 0) is 5.41 Å². The van der Waals surface area contributed by atoms with Crippen LogP contribution in [0.5, 0.6) is 0 Å². The first-order chi connectivity index (χ1) is 21.1. The van der Waals surface area contributed by atoms with Crippen LogP contribution in [0.1, 0.15) is 25.0 Å². The van der Waals surface area contributed by atoms with E-state index >= 15 is 0 Å². The Balaban J connectivity index is 1.25. The van der Waals surface area contributed by atoms with E-state index in [9.17, 15) is 0 Å². The van der Waals surface area contributed by atoms with E-state index in [1.54, 1.807) is 0 Å². The van der Waals surface area contributed by atoms with E-state index in [0.29, 0.717) is 0 Å². The molecule has 0 aliphatic heterocycles. The molecular formula is C40H27N3. The van der Waals surface area contributed by atoms with Crippen molar-refractivity contribution in [3.63, 3.8) is 0 Å². The molecule has 0 saturated carbocycles. The molecule has 0 atom stereocenters. The number of fused-ring (bicyclic) bond motifs is 9. The minimum atomic E-state index is -0.228. The van der Waals surface area contributed by atoms with Gasteiger partial charge < -0.3 is 0 Å². The van der Waals surface area contributed by atoms with Gasteiger partial charge in [0.1, 0.15) is 0 Å². The van der Waals surface area contributed by atoms with Crippen LogP contribution in [0.15, 0.2) is 128 Å². The van der Waals surface area contributed by atoms with E-state index in [4.69, 9.17) is 15.0 Å². The summed E-state index contributed by atoms with van der Waals surface area (Å²) in [4.78, 5) is 15.0. The Kier molecular flexibility index (Phi) is 4.95. The van der Waals surface area contributed by atoms with Gasteiger partial charge >= 0.3 is 0 Å². The number of nitrogens with zero attached hydrogens (tertiary/aromatic N) is 3. The molecule has 3 nitrogen and oxygen atoms in total. The highest BCUT2D eigenvalue weighted by Crippen LogP contribution is 2.53. The summed E-state index contributed by atoms with van der Waals surface area (Å²) in [5, 5.41) is 5.89. The lowest BCUT2D eigenvalue weighted by Gasteiger charge is -2.22. The third kappa shape index (κ3) is 3.45. The second-order valence-corrected chi connectivity index (χ2v) is 12.1. The molecule has 0 bridgehead atoms. The number of pyridine rings is 3. The molecule has 202 valence electrons. The summed E-state index contributed by atoms with van der Waals surface area (Å²) < 4.78 is 0. The molecule has 8 aromatic rings. The number of hydrogen-bond acceptors (Lipinski definition) is 3. The first-order valence-electron chi connectivity index (χ1n) is 14.8. The Morgan fingerprint density at radius 2 is 1.16 bits per heavy atom. The zero-order valence-corrected chi connectivity index (χ0v) is 24.0. The van der Waals surface area contributed by atoms with Crippen LogP contribution in [0.25, 0.3) is 77.0 Å². The number of rotatable bonds is 2. The fourth-order valence-electron chi connectivity index (χ4n) is 7.11. The number of hydrogen-bond donors (Lipinski definition) is 0. The van der Waals surface area contributed by atoms with Gasteiger partial charge in [0.15, 0.2) is 0 Å². The lowest BCUT2D eigenvalue weighted by atomic mass is 9.80. The first kappa shape index (κ1) is 24.2. The molecule has 1 aliphatic carbocycles. The van der Waals surface area contributed by atoms with E-state index < -0.39 is 0 Å². The fraction of sp³-hybridized carbons (Fsp3) is 0.0750. The van der Waals surface area contributed by atoms with Gasteiger partial charge in [-0.1, -0.05) is 105 Å². The third-order valence-electron chi connectivity index (χ3n) is 9.33. The van der Waals surface area contributed by atoms with Crippen LogP contribution < -0.4 is 0 Å². The predicted octanol–water partition coefficient (Wildman–Crippen LogP) is 10.1. The maximum absolute atomic E-state index is 5.34. The molecule has 0 radical (unpaired) electrons. The largest absolute Gasteiger partial charge is 0.256 e. The summed E-state index contributed by atoms with van der Waals surface area (Å²) in [5.41, 5.74) is 12.2. The highest BCUT2D eigenvalue weighted by atomic mass is 14.8. The summed E-state index contributed by atoms with van der Waals surface area (Å²) in [5.74, 6) is 0. The SMILES string of the molecule is CC1(C)c2cc3ccc4cccnc4c3nc2-c2c1cc(-c1ccc(-c3cccc4ccccc34)cc1)c1cccnc21. The monoisotopic (exact) mass is 549 g/mol. The van der Waals surface area contributed by atoms with Crippen molar-refractivity contribution in [2.24, 2.45) is 0 Å².